The van der Waals surface area contributed by atoms with Crippen molar-refractivity contribution < 1.29 is 22.8 Å². The first-order valence-electron chi connectivity index (χ1n) is 5.98. The van der Waals surface area contributed by atoms with Crippen molar-refractivity contribution in [2.45, 2.75) is 4.90 Å². The van der Waals surface area contributed by atoms with Gasteiger partial charge in [-0.1, -0.05) is 0 Å². The summed E-state index contributed by atoms with van der Waals surface area (Å²) in [5.41, 5.74) is 5.15. The Labute approximate surface area is 122 Å². The highest BCUT2D eigenvalue weighted by Crippen LogP contribution is 2.23. The molecule has 3 N–H and O–H groups in total. The normalized spacial score (nSPS) is 11.5. The Bertz CT molecular complexity index is 590. The van der Waals surface area contributed by atoms with Crippen LogP contribution >= 0.6 is 0 Å². The van der Waals surface area contributed by atoms with Gasteiger partial charge in [0.25, 0.3) is 5.69 Å². The molecule has 0 spiro atoms. The van der Waals surface area contributed by atoms with Crippen LogP contribution in [0.25, 0.3) is 0 Å². The van der Waals surface area contributed by atoms with Crippen LogP contribution in [0.2, 0.25) is 0 Å². The third kappa shape index (κ3) is 5.27. The average Bonchev–Trinajstić information content (AvgIpc) is 2.42. The first-order valence-corrected chi connectivity index (χ1v) is 7.47. The van der Waals surface area contributed by atoms with Crippen molar-refractivity contribution >= 4 is 21.4 Å². The van der Waals surface area contributed by atoms with Gasteiger partial charge < -0.3 is 15.2 Å². The Morgan fingerprint density at radius 3 is 2.67 bits per heavy atom. The van der Waals surface area contributed by atoms with Gasteiger partial charge in [0, 0.05) is 25.8 Å². The number of nitro benzene ring substituents is 1. The molecule has 0 aliphatic rings. The van der Waals surface area contributed by atoms with Crippen LogP contribution in [0.1, 0.15) is 0 Å². The van der Waals surface area contributed by atoms with Crippen LogP contribution in [0.15, 0.2) is 23.1 Å². The van der Waals surface area contributed by atoms with Gasteiger partial charge in [0.2, 0.25) is 10.0 Å². The molecule has 0 unspecified atom stereocenters. The zero-order chi connectivity index (χ0) is 15.9. The molecular weight excluding hydrogens is 302 g/mol. The standard InChI is InChI=1S/C11H17N3O6S/c1-19-6-7-20-5-4-13-21(17,18)11-8-9(14(15)16)2-3-10(11)12/h2-3,8,13H,4-7,12H2,1H3. The maximum absolute atomic E-state index is 12.0. The highest BCUT2D eigenvalue weighted by Gasteiger charge is 2.20. The number of nitro groups is 1. The molecule has 10 heteroatoms. The molecule has 21 heavy (non-hydrogen) atoms. The fraction of sp³-hybridized carbons (Fsp3) is 0.455. The van der Waals surface area contributed by atoms with Crippen molar-refractivity contribution in [3.05, 3.63) is 28.3 Å². The maximum Gasteiger partial charge on any atom is 0.270 e. The number of nitrogen functional groups attached to an aromatic ring is 1. The number of hydrogen-bond acceptors (Lipinski definition) is 7. The van der Waals surface area contributed by atoms with Crippen LogP contribution in [0.5, 0.6) is 0 Å². The van der Waals surface area contributed by atoms with E-state index < -0.39 is 14.9 Å². The van der Waals surface area contributed by atoms with Gasteiger partial charge in [-0.3, -0.25) is 10.1 Å². The molecule has 0 aliphatic heterocycles. The van der Waals surface area contributed by atoms with Crippen LogP contribution in [0, 0.1) is 10.1 Å². The van der Waals surface area contributed by atoms with E-state index in [-0.39, 0.29) is 29.4 Å². The number of sulfonamides is 1. The van der Waals surface area contributed by atoms with Crippen molar-refractivity contribution in [1.82, 2.24) is 4.72 Å². The summed E-state index contributed by atoms with van der Waals surface area (Å²) in [4.78, 5) is 9.66. The summed E-state index contributed by atoms with van der Waals surface area (Å²) < 4.78 is 36.2. The molecule has 0 saturated carbocycles. The minimum atomic E-state index is -3.93. The Morgan fingerprint density at radius 1 is 1.33 bits per heavy atom. The summed E-state index contributed by atoms with van der Waals surface area (Å²) >= 11 is 0. The van der Waals surface area contributed by atoms with Gasteiger partial charge in [-0.15, -0.1) is 0 Å². The second-order valence-corrected chi connectivity index (χ2v) is 5.72. The molecule has 0 heterocycles. The predicted molar refractivity (Wildman–Crippen MR) is 75.4 cm³/mol. The number of non-ortho nitro benzene ring substituents is 1. The molecule has 9 nitrogen and oxygen atoms in total. The molecule has 0 fully saturated rings. The smallest absolute Gasteiger partial charge is 0.270 e. The SMILES string of the molecule is COCCOCCNS(=O)(=O)c1cc([N+](=O)[O-])ccc1N. The van der Waals surface area contributed by atoms with E-state index in [0.29, 0.717) is 13.2 Å². The summed E-state index contributed by atoms with van der Waals surface area (Å²) in [5, 5.41) is 10.7. The lowest BCUT2D eigenvalue weighted by Gasteiger charge is -2.09. The molecule has 0 bridgehead atoms. The average molecular weight is 319 g/mol. The number of rotatable bonds is 9. The third-order valence-electron chi connectivity index (χ3n) is 2.47. The van der Waals surface area contributed by atoms with Gasteiger partial charge in [-0.25, -0.2) is 13.1 Å². The molecule has 0 radical (unpaired) electrons. The second-order valence-electron chi connectivity index (χ2n) is 3.98. The highest BCUT2D eigenvalue weighted by molar-refractivity contribution is 7.89. The van der Waals surface area contributed by atoms with Gasteiger partial charge in [-0.05, 0) is 6.07 Å². The van der Waals surface area contributed by atoms with Crippen molar-refractivity contribution in [2.75, 3.05) is 39.2 Å². The van der Waals surface area contributed by atoms with Crippen LogP contribution < -0.4 is 10.5 Å². The van der Waals surface area contributed by atoms with Crippen LogP contribution in [-0.4, -0.2) is 46.8 Å². The molecule has 118 valence electrons. The fourth-order valence-corrected chi connectivity index (χ4v) is 2.60. The molecule has 0 amide bonds. The minimum absolute atomic E-state index is 0.0220. The number of nitrogens with zero attached hydrogens (tertiary/aromatic N) is 1. The number of nitrogens with one attached hydrogen (secondary N) is 1. The third-order valence-corrected chi connectivity index (χ3v) is 3.98. The quantitative estimate of drug-likeness (QED) is 0.286. The van der Waals surface area contributed by atoms with E-state index in [1.165, 1.54) is 13.2 Å². The van der Waals surface area contributed by atoms with Crippen molar-refractivity contribution in [3.63, 3.8) is 0 Å². The molecule has 0 aliphatic carbocycles. The Hall–Kier alpha value is -1.75. The summed E-state index contributed by atoms with van der Waals surface area (Å²) in [6.45, 7) is 0.924. The van der Waals surface area contributed by atoms with Gasteiger partial charge in [0.1, 0.15) is 4.90 Å². The zero-order valence-corrected chi connectivity index (χ0v) is 12.3. The monoisotopic (exact) mass is 319 g/mol. The van der Waals surface area contributed by atoms with Crippen LogP contribution in [0.3, 0.4) is 0 Å². The Morgan fingerprint density at radius 2 is 2.05 bits per heavy atom. The van der Waals surface area contributed by atoms with Gasteiger partial charge >= 0.3 is 0 Å². The van der Waals surface area contributed by atoms with Crippen molar-refractivity contribution in [3.8, 4) is 0 Å². The fourth-order valence-electron chi connectivity index (χ4n) is 1.44. The summed E-state index contributed by atoms with van der Waals surface area (Å²) in [6.07, 6.45) is 0. The van der Waals surface area contributed by atoms with Crippen molar-refractivity contribution in [1.29, 1.82) is 0 Å². The lowest BCUT2D eigenvalue weighted by atomic mass is 10.3. The maximum atomic E-state index is 12.0. The van der Waals surface area contributed by atoms with Crippen LogP contribution in [-0.2, 0) is 19.5 Å². The lowest BCUT2D eigenvalue weighted by Crippen LogP contribution is -2.28. The topological polar surface area (TPSA) is 134 Å². The first kappa shape index (κ1) is 17.3. The van der Waals surface area contributed by atoms with E-state index in [1.807, 2.05) is 0 Å². The Balaban J connectivity index is 2.70. The molecule has 0 aromatic heterocycles. The molecule has 1 aromatic rings. The number of benzene rings is 1. The number of nitrogens with two attached hydrogens (primary N) is 1. The first-order chi connectivity index (χ1) is 9.88. The minimum Gasteiger partial charge on any atom is -0.398 e. The number of methoxy groups -OCH3 is 1. The van der Waals surface area contributed by atoms with Crippen molar-refractivity contribution in [2.24, 2.45) is 0 Å². The summed E-state index contributed by atoms with van der Waals surface area (Å²) in [6, 6.07) is 3.24. The molecular formula is C11H17N3O6S. The number of ether oxygens (including phenoxy) is 2. The molecule has 0 atom stereocenters. The largest absolute Gasteiger partial charge is 0.398 e. The number of hydrogen-bond donors (Lipinski definition) is 2. The van der Waals surface area contributed by atoms with E-state index in [1.54, 1.807) is 0 Å². The summed E-state index contributed by atoms with van der Waals surface area (Å²) in [7, 11) is -2.41. The molecule has 1 aromatic carbocycles. The van der Waals surface area contributed by atoms with E-state index in [0.717, 1.165) is 12.1 Å². The molecule has 1 rings (SSSR count). The van der Waals surface area contributed by atoms with E-state index in [9.17, 15) is 18.5 Å². The van der Waals surface area contributed by atoms with Gasteiger partial charge in [0.15, 0.2) is 0 Å². The zero-order valence-electron chi connectivity index (χ0n) is 11.4. The number of anilines is 1. The molecule has 0 saturated heterocycles. The Kier molecular flexibility index (Phi) is 6.49. The van der Waals surface area contributed by atoms with E-state index in [4.69, 9.17) is 15.2 Å². The van der Waals surface area contributed by atoms with E-state index >= 15 is 0 Å². The van der Waals surface area contributed by atoms with E-state index in [2.05, 4.69) is 4.72 Å². The van der Waals surface area contributed by atoms with Crippen LogP contribution in [0.4, 0.5) is 11.4 Å². The summed E-state index contributed by atoms with van der Waals surface area (Å²) in [5.74, 6) is 0. The lowest BCUT2D eigenvalue weighted by molar-refractivity contribution is -0.385. The predicted octanol–water partition coefficient (Wildman–Crippen LogP) is 0.118. The van der Waals surface area contributed by atoms with Gasteiger partial charge in [-0.2, -0.15) is 0 Å². The van der Waals surface area contributed by atoms with Gasteiger partial charge in [0.05, 0.1) is 30.4 Å². The second kappa shape index (κ2) is 7.88. The highest BCUT2D eigenvalue weighted by atomic mass is 32.2.